The van der Waals surface area contributed by atoms with Crippen molar-refractivity contribution in [3.8, 4) is 0 Å². The van der Waals surface area contributed by atoms with Crippen LogP contribution in [0.4, 0.5) is 0 Å². The van der Waals surface area contributed by atoms with Crippen LogP contribution in [-0.2, 0) is 4.79 Å². The maximum absolute atomic E-state index is 12.7. The van der Waals surface area contributed by atoms with Gasteiger partial charge in [0, 0.05) is 11.6 Å². The van der Waals surface area contributed by atoms with Gasteiger partial charge < -0.3 is 15.7 Å². The van der Waals surface area contributed by atoms with E-state index < -0.39 is 18.6 Å². The number of H-pyrrole nitrogens is 1. The molecule has 1 aliphatic carbocycles. The standard InChI is InChI=1S/C22H33N5O3/c28-15-20(24-21(29)16-12-13-18-19(14-16)26-27-25-18)22(30)23-17-10-8-6-4-2-1-3-5-7-9-11-17/h12-14,17,20,28H,1-11,15H2,(H,23,30)(H,24,29)(H,25,26,27). The number of carbonyl (C=O) groups excluding carboxylic acids is 2. The Hall–Kier alpha value is -2.48. The Bertz CT molecular complexity index is 810. The lowest BCUT2D eigenvalue weighted by Crippen LogP contribution is -2.51. The van der Waals surface area contributed by atoms with Gasteiger partial charge in [0.1, 0.15) is 17.1 Å². The number of hydrogen-bond donors (Lipinski definition) is 4. The van der Waals surface area contributed by atoms with Crippen LogP contribution in [0.2, 0.25) is 0 Å². The molecule has 2 amide bonds. The zero-order valence-electron chi connectivity index (χ0n) is 17.5. The van der Waals surface area contributed by atoms with E-state index >= 15 is 0 Å². The van der Waals surface area contributed by atoms with Gasteiger partial charge in [-0.15, -0.1) is 0 Å². The average Bonchev–Trinajstić information content (AvgIpc) is 3.21. The molecule has 8 heteroatoms. The van der Waals surface area contributed by atoms with Crippen molar-refractivity contribution in [3.63, 3.8) is 0 Å². The molecule has 2 aromatic rings. The van der Waals surface area contributed by atoms with Crippen molar-refractivity contribution in [2.75, 3.05) is 6.61 Å². The zero-order valence-corrected chi connectivity index (χ0v) is 17.5. The molecule has 30 heavy (non-hydrogen) atoms. The molecule has 1 fully saturated rings. The smallest absolute Gasteiger partial charge is 0.252 e. The summed E-state index contributed by atoms with van der Waals surface area (Å²) in [6, 6.07) is 4.03. The molecule has 1 aromatic carbocycles. The molecule has 4 N–H and O–H groups in total. The third kappa shape index (κ3) is 6.52. The number of aromatic nitrogens is 3. The fourth-order valence-corrected chi connectivity index (χ4v) is 4.03. The van der Waals surface area contributed by atoms with Crippen molar-refractivity contribution in [2.24, 2.45) is 0 Å². The molecule has 1 atom stereocenters. The Labute approximate surface area is 177 Å². The second-order valence-corrected chi connectivity index (χ2v) is 8.20. The van der Waals surface area contributed by atoms with Crippen LogP contribution >= 0.6 is 0 Å². The fourth-order valence-electron chi connectivity index (χ4n) is 4.03. The number of amides is 2. The molecule has 1 heterocycles. The lowest BCUT2D eigenvalue weighted by molar-refractivity contribution is -0.124. The summed E-state index contributed by atoms with van der Waals surface area (Å²) in [7, 11) is 0. The van der Waals surface area contributed by atoms with E-state index in [1.807, 2.05) is 0 Å². The number of carbonyl (C=O) groups is 2. The van der Waals surface area contributed by atoms with E-state index in [-0.39, 0.29) is 11.9 Å². The van der Waals surface area contributed by atoms with Gasteiger partial charge >= 0.3 is 0 Å². The largest absolute Gasteiger partial charge is 0.394 e. The second kappa shape index (κ2) is 11.6. The van der Waals surface area contributed by atoms with Crippen LogP contribution in [-0.4, -0.2) is 51.0 Å². The minimum Gasteiger partial charge on any atom is -0.394 e. The molecule has 1 saturated carbocycles. The third-order valence-electron chi connectivity index (χ3n) is 5.83. The van der Waals surface area contributed by atoms with E-state index in [1.54, 1.807) is 18.2 Å². The first-order chi connectivity index (χ1) is 14.7. The van der Waals surface area contributed by atoms with Crippen molar-refractivity contribution >= 4 is 22.8 Å². The summed E-state index contributed by atoms with van der Waals surface area (Å²) in [5.41, 5.74) is 1.60. The normalized spacial score (nSPS) is 18.2. The maximum atomic E-state index is 12.7. The first-order valence-electron chi connectivity index (χ1n) is 11.2. The Morgan fingerprint density at radius 1 is 0.967 bits per heavy atom. The molecule has 3 rings (SSSR count). The molecule has 164 valence electrons. The number of aliphatic hydroxyl groups excluding tert-OH is 1. The predicted molar refractivity (Wildman–Crippen MR) is 115 cm³/mol. The first kappa shape index (κ1) is 22.2. The highest BCUT2D eigenvalue weighted by molar-refractivity contribution is 5.99. The second-order valence-electron chi connectivity index (χ2n) is 8.20. The van der Waals surface area contributed by atoms with Crippen molar-refractivity contribution < 1.29 is 14.7 Å². The highest BCUT2D eigenvalue weighted by Gasteiger charge is 2.23. The van der Waals surface area contributed by atoms with Crippen LogP contribution in [0.25, 0.3) is 11.0 Å². The summed E-state index contributed by atoms with van der Waals surface area (Å²) >= 11 is 0. The number of aliphatic hydroxyl groups is 1. The van der Waals surface area contributed by atoms with E-state index in [2.05, 4.69) is 26.0 Å². The Balaban J connectivity index is 1.55. The van der Waals surface area contributed by atoms with Gasteiger partial charge in [-0.2, -0.15) is 15.4 Å². The molecule has 1 aliphatic rings. The van der Waals surface area contributed by atoms with Crippen LogP contribution in [0.3, 0.4) is 0 Å². The van der Waals surface area contributed by atoms with Crippen LogP contribution in [0.1, 0.15) is 81.0 Å². The summed E-state index contributed by atoms with van der Waals surface area (Å²) in [4.78, 5) is 25.3. The van der Waals surface area contributed by atoms with Gasteiger partial charge in [-0.25, -0.2) is 0 Å². The van der Waals surface area contributed by atoms with Crippen molar-refractivity contribution in [2.45, 2.75) is 82.7 Å². The molecule has 8 nitrogen and oxygen atoms in total. The lowest BCUT2D eigenvalue weighted by atomic mass is 9.97. The summed E-state index contributed by atoms with van der Waals surface area (Å²) in [5, 5.41) is 25.8. The van der Waals surface area contributed by atoms with Crippen LogP contribution in [0.5, 0.6) is 0 Å². The molecule has 1 unspecified atom stereocenters. The van der Waals surface area contributed by atoms with Gasteiger partial charge in [-0.1, -0.05) is 57.8 Å². The van der Waals surface area contributed by atoms with Crippen molar-refractivity contribution in [1.29, 1.82) is 0 Å². The number of aromatic amines is 1. The SMILES string of the molecule is O=C(NC(CO)C(=O)NC1CCCCCCCCCCC1)c1ccc2n[nH]nc2c1. The Morgan fingerprint density at radius 2 is 1.57 bits per heavy atom. The number of nitrogens with one attached hydrogen (secondary N) is 3. The molecule has 1 aromatic heterocycles. The van der Waals surface area contributed by atoms with Gasteiger partial charge in [-0.05, 0) is 31.0 Å². The number of benzene rings is 1. The van der Waals surface area contributed by atoms with Crippen LogP contribution in [0, 0.1) is 0 Å². The van der Waals surface area contributed by atoms with E-state index in [0.29, 0.717) is 16.6 Å². The molecule has 0 radical (unpaired) electrons. The molecule has 0 saturated heterocycles. The third-order valence-corrected chi connectivity index (χ3v) is 5.83. The summed E-state index contributed by atoms with van der Waals surface area (Å²) in [5.74, 6) is -0.752. The van der Waals surface area contributed by atoms with Crippen LogP contribution < -0.4 is 10.6 Å². The topological polar surface area (TPSA) is 120 Å². The van der Waals surface area contributed by atoms with Gasteiger partial charge in [0.2, 0.25) is 5.91 Å². The lowest BCUT2D eigenvalue weighted by Gasteiger charge is -2.23. The van der Waals surface area contributed by atoms with Gasteiger partial charge in [0.15, 0.2) is 0 Å². The highest BCUT2D eigenvalue weighted by Crippen LogP contribution is 2.17. The molecular formula is C22H33N5O3. The summed E-state index contributed by atoms with van der Waals surface area (Å²) < 4.78 is 0. The van der Waals surface area contributed by atoms with E-state index in [1.165, 1.54) is 44.9 Å². The quantitative estimate of drug-likeness (QED) is 0.598. The summed E-state index contributed by atoms with van der Waals surface area (Å²) in [6.07, 6.45) is 12.9. The predicted octanol–water partition coefficient (Wildman–Crippen LogP) is 2.84. The average molecular weight is 416 g/mol. The number of rotatable bonds is 5. The minimum atomic E-state index is -0.980. The maximum Gasteiger partial charge on any atom is 0.252 e. The highest BCUT2D eigenvalue weighted by atomic mass is 16.3. The number of hydrogen-bond acceptors (Lipinski definition) is 5. The monoisotopic (exact) mass is 415 g/mol. The number of fused-ring (bicyclic) bond motifs is 1. The molecular weight excluding hydrogens is 382 g/mol. The van der Waals surface area contributed by atoms with E-state index in [9.17, 15) is 14.7 Å². The summed E-state index contributed by atoms with van der Waals surface area (Å²) in [6.45, 7) is -0.448. The molecule has 0 bridgehead atoms. The van der Waals surface area contributed by atoms with E-state index in [0.717, 1.165) is 25.7 Å². The van der Waals surface area contributed by atoms with Gasteiger partial charge in [0.05, 0.1) is 6.61 Å². The van der Waals surface area contributed by atoms with Gasteiger partial charge in [-0.3, -0.25) is 9.59 Å². The van der Waals surface area contributed by atoms with Crippen molar-refractivity contribution in [3.05, 3.63) is 23.8 Å². The molecule has 0 spiro atoms. The molecule has 0 aliphatic heterocycles. The Kier molecular flexibility index (Phi) is 8.62. The zero-order chi connectivity index (χ0) is 21.2. The van der Waals surface area contributed by atoms with Gasteiger partial charge in [0.25, 0.3) is 5.91 Å². The fraction of sp³-hybridized carbons (Fsp3) is 0.636. The number of nitrogens with zero attached hydrogens (tertiary/aromatic N) is 2. The van der Waals surface area contributed by atoms with E-state index in [4.69, 9.17) is 0 Å². The van der Waals surface area contributed by atoms with Crippen LogP contribution in [0.15, 0.2) is 18.2 Å². The minimum absolute atomic E-state index is 0.0920. The first-order valence-corrected chi connectivity index (χ1v) is 11.2. The Morgan fingerprint density at radius 3 is 2.20 bits per heavy atom. The van der Waals surface area contributed by atoms with Crippen molar-refractivity contribution in [1.82, 2.24) is 26.0 Å².